The lowest BCUT2D eigenvalue weighted by Gasteiger charge is -2.35. The van der Waals surface area contributed by atoms with Crippen molar-refractivity contribution in [2.75, 3.05) is 46.4 Å². The third-order valence-corrected chi connectivity index (χ3v) is 4.69. The average molecular weight is 354 g/mol. The quantitative estimate of drug-likeness (QED) is 0.766. The van der Waals surface area contributed by atoms with Gasteiger partial charge in [-0.25, -0.2) is 4.79 Å². The summed E-state index contributed by atoms with van der Waals surface area (Å²) in [5.41, 5.74) is 1.06. The fraction of sp³-hybridized carbons (Fsp3) is 0.611. The number of ether oxygens (including phenoxy) is 1. The van der Waals surface area contributed by atoms with E-state index in [0.29, 0.717) is 5.02 Å². The number of amides is 2. The predicted octanol–water partition coefficient (Wildman–Crippen LogP) is 3.15. The smallest absolute Gasteiger partial charge is 0.317 e. The van der Waals surface area contributed by atoms with E-state index in [-0.39, 0.29) is 12.1 Å². The summed E-state index contributed by atoms with van der Waals surface area (Å²) in [6.07, 6.45) is 2.24. The molecule has 1 aliphatic rings. The van der Waals surface area contributed by atoms with Crippen LogP contribution in [0, 0.1) is 0 Å². The molecular weight excluding hydrogens is 326 g/mol. The summed E-state index contributed by atoms with van der Waals surface area (Å²) in [6, 6.07) is 7.58. The van der Waals surface area contributed by atoms with Crippen LogP contribution in [-0.2, 0) is 4.74 Å². The lowest BCUT2D eigenvalue weighted by Crippen LogP contribution is -2.52. The van der Waals surface area contributed by atoms with Crippen LogP contribution in [0.1, 0.15) is 31.4 Å². The Hall–Kier alpha value is -1.30. The molecule has 0 spiro atoms. The number of urea groups is 1. The number of carbonyl (C=O) groups excluding carboxylic acids is 1. The molecule has 1 aromatic rings. The zero-order chi connectivity index (χ0) is 17.4. The molecule has 1 aromatic carbocycles. The monoisotopic (exact) mass is 353 g/mol. The largest absolute Gasteiger partial charge is 0.385 e. The van der Waals surface area contributed by atoms with E-state index in [0.717, 1.165) is 57.7 Å². The maximum absolute atomic E-state index is 12.4. The summed E-state index contributed by atoms with van der Waals surface area (Å²) >= 11 is 5.90. The molecule has 1 aliphatic heterocycles. The molecule has 1 atom stereocenters. The molecule has 24 heavy (non-hydrogen) atoms. The van der Waals surface area contributed by atoms with Gasteiger partial charge in [0.1, 0.15) is 0 Å². The van der Waals surface area contributed by atoms with Crippen LogP contribution >= 0.6 is 11.6 Å². The average Bonchev–Trinajstić information content (AvgIpc) is 2.59. The molecule has 5 nitrogen and oxygen atoms in total. The van der Waals surface area contributed by atoms with Gasteiger partial charge in [0, 0.05) is 44.9 Å². The molecule has 2 amide bonds. The Kier molecular flexibility index (Phi) is 7.82. The lowest BCUT2D eigenvalue weighted by molar-refractivity contribution is 0.132. The van der Waals surface area contributed by atoms with Gasteiger partial charge in [-0.2, -0.15) is 0 Å². The molecule has 1 saturated heterocycles. The van der Waals surface area contributed by atoms with E-state index < -0.39 is 0 Å². The highest BCUT2D eigenvalue weighted by Crippen LogP contribution is 2.16. The van der Waals surface area contributed by atoms with E-state index in [2.05, 4.69) is 10.2 Å². The first-order chi connectivity index (χ1) is 11.6. The molecular formula is C18H28ClN3O2. The second kappa shape index (κ2) is 9.87. The summed E-state index contributed by atoms with van der Waals surface area (Å²) < 4.78 is 5.07. The number of hydrogen-bond donors (Lipinski definition) is 1. The number of piperazine rings is 1. The van der Waals surface area contributed by atoms with Gasteiger partial charge in [0.25, 0.3) is 0 Å². The van der Waals surface area contributed by atoms with Gasteiger partial charge < -0.3 is 15.0 Å². The summed E-state index contributed by atoms with van der Waals surface area (Å²) in [5.74, 6) is 0. The van der Waals surface area contributed by atoms with Crippen molar-refractivity contribution in [1.29, 1.82) is 0 Å². The Bertz CT molecular complexity index is 501. The summed E-state index contributed by atoms with van der Waals surface area (Å²) in [6.45, 7) is 7.34. The predicted molar refractivity (Wildman–Crippen MR) is 97.5 cm³/mol. The molecule has 0 aliphatic carbocycles. The minimum atomic E-state index is -0.0261. The molecule has 0 saturated carbocycles. The fourth-order valence-electron chi connectivity index (χ4n) is 2.87. The van der Waals surface area contributed by atoms with Crippen LogP contribution in [0.25, 0.3) is 0 Å². The van der Waals surface area contributed by atoms with Crippen molar-refractivity contribution in [3.8, 4) is 0 Å². The first kappa shape index (κ1) is 19.0. The highest BCUT2D eigenvalue weighted by molar-refractivity contribution is 6.30. The third kappa shape index (κ3) is 5.96. The minimum Gasteiger partial charge on any atom is -0.385 e. The molecule has 0 radical (unpaired) electrons. The zero-order valence-corrected chi connectivity index (χ0v) is 15.4. The molecule has 1 unspecified atom stereocenters. The Morgan fingerprint density at radius 1 is 1.21 bits per heavy atom. The maximum Gasteiger partial charge on any atom is 0.317 e. The molecule has 6 heteroatoms. The van der Waals surface area contributed by atoms with Crippen molar-refractivity contribution in [2.45, 2.75) is 25.8 Å². The van der Waals surface area contributed by atoms with Crippen LogP contribution in [0.15, 0.2) is 24.3 Å². The van der Waals surface area contributed by atoms with Crippen LogP contribution in [0.5, 0.6) is 0 Å². The number of nitrogens with zero attached hydrogens (tertiary/aromatic N) is 2. The van der Waals surface area contributed by atoms with Crippen molar-refractivity contribution in [3.63, 3.8) is 0 Å². The van der Waals surface area contributed by atoms with Gasteiger partial charge in [0.05, 0.1) is 6.04 Å². The minimum absolute atomic E-state index is 0.0106. The number of carbonyl (C=O) groups is 1. The molecule has 1 heterocycles. The van der Waals surface area contributed by atoms with Crippen LogP contribution < -0.4 is 5.32 Å². The molecule has 0 bridgehead atoms. The summed E-state index contributed by atoms with van der Waals surface area (Å²) in [7, 11) is 1.74. The van der Waals surface area contributed by atoms with Crippen molar-refractivity contribution < 1.29 is 9.53 Å². The molecule has 0 aromatic heterocycles. The SMILES string of the molecule is COCCCCN1CCN(C(=O)NC(C)c2ccc(Cl)cc2)CC1. The van der Waals surface area contributed by atoms with Crippen molar-refractivity contribution >= 4 is 17.6 Å². The zero-order valence-electron chi connectivity index (χ0n) is 14.6. The van der Waals surface area contributed by atoms with E-state index in [4.69, 9.17) is 16.3 Å². The van der Waals surface area contributed by atoms with Gasteiger partial charge in [-0.3, -0.25) is 4.90 Å². The standard InChI is InChI=1S/C18H28ClN3O2/c1-15(16-5-7-17(19)8-6-16)20-18(23)22-12-10-21(11-13-22)9-3-4-14-24-2/h5-8,15H,3-4,9-14H2,1-2H3,(H,20,23). The maximum atomic E-state index is 12.4. The number of rotatable bonds is 7. The first-order valence-corrected chi connectivity index (χ1v) is 9.00. The van der Waals surface area contributed by atoms with Gasteiger partial charge in [-0.1, -0.05) is 23.7 Å². The first-order valence-electron chi connectivity index (χ1n) is 8.62. The van der Waals surface area contributed by atoms with E-state index in [1.807, 2.05) is 36.1 Å². The van der Waals surface area contributed by atoms with E-state index >= 15 is 0 Å². The topological polar surface area (TPSA) is 44.8 Å². The van der Waals surface area contributed by atoms with Crippen LogP contribution in [0.2, 0.25) is 5.02 Å². The van der Waals surface area contributed by atoms with E-state index in [1.54, 1.807) is 7.11 Å². The van der Waals surface area contributed by atoms with Crippen molar-refractivity contribution in [1.82, 2.24) is 15.1 Å². The van der Waals surface area contributed by atoms with Crippen molar-refractivity contribution in [2.24, 2.45) is 0 Å². The molecule has 134 valence electrons. The van der Waals surface area contributed by atoms with Gasteiger partial charge >= 0.3 is 6.03 Å². The summed E-state index contributed by atoms with van der Waals surface area (Å²) in [4.78, 5) is 16.7. The van der Waals surface area contributed by atoms with Crippen LogP contribution in [0.3, 0.4) is 0 Å². The van der Waals surface area contributed by atoms with Gasteiger partial charge in [-0.05, 0) is 44.0 Å². The third-order valence-electron chi connectivity index (χ3n) is 4.44. The molecule has 1 N–H and O–H groups in total. The second-order valence-corrected chi connectivity index (χ2v) is 6.69. The molecule has 2 rings (SSSR count). The highest BCUT2D eigenvalue weighted by atomic mass is 35.5. The Morgan fingerprint density at radius 3 is 2.50 bits per heavy atom. The van der Waals surface area contributed by atoms with Gasteiger partial charge in [-0.15, -0.1) is 0 Å². The van der Waals surface area contributed by atoms with Crippen molar-refractivity contribution in [3.05, 3.63) is 34.9 Å². The van der Waals surface area contributed by atoms with E-state index in [9.17, 15) is 4.79 Å². The van der Waals surface area contributed by atoms with Crippen LogP contribution in [-0.4, -0.2) is 62.3 Å². The number of methoxy groups -OCH3 is 1. The summed E-state index contributed by atoms with van der Waals surface area (Å²) in [5, 5.41) is 3.78. The molecule has 1 fully saturated rings. The van der Waals surface area contributed by atoms with Crippen LogP contribution in [0.4, 0.5) is 4.79 Å². The number of nitrogens with one attached hydrogen (secondary N) is 1. The normalized spacial score (nSPS) is 16.9. The Balaban J connectivity index is 1.71. The number of halogens is 1. The van der Waals surface area contributed by atoms with Gasteiger partial charge in [0.2, 0.25) is 0 Å². The van der Waals surface area contributed by atoms with E-state index in [1.165, 1.54) is 0 Å². The Labute approximate surface area is 149 Å². The number of hydrogen-bond acceptors (Lipinski definition) is 3. The fourth-order valence-corrected chi connectivity index (χ4v) is 2.99. The highest BCUT2D eigenvalue weighted by Gasteiger charge is 2.22. The van der Waals surface area contributed by atoms with Gasteiger partial charge in [0.15, 0.2) is 0 Å². The lowest BCUT2D eigenvalue weighted by atomic mass is 10.1. The Morgan fingerprint density at radius 2 is 1.88 bits per heavy atom. The number of unbranched alkanes of at least 4 members (excludes halogenated alkanes) is 1. The second-order valence-electron chi connectivity index (χ2n) is 6.25. The number of benzene rings is 1.